The fraction of sp³-hybridized carbons (Fsp3) is 0.278. The summed E-state index contributed by atoms with van der Waals surface area (Å²) in [5, 5.41) is 0. The second kappa shape index (κ2) is 5.60. The number of rotatable bonds is 4. The van der Waals surface area contributed by atoms with E-state index in [0.29, 0.717) is 12.0 Å². The molecule has 3 rings (SSSR count). The van der Waals surface area contributed by atoms with Gasteiger partial charge in [-0.1, -0.05) is 42.5 Å². The second-order valence-corrected chi connectivity index (χ2v) is 5.66. The van der Waals surface area contributed by atoms with Crippen molar-refractivity contribution < 1.29 is 0 Å². The van der Waals surface area contributed by atoms with E-state index in [2.05, 4.69) is 71.9 Å². The van der Waals surface area contributed by atoms with Crippen LogP contribution in [-0.2, 0) is 6.42 Å². The van der Waals surface area contributed by atoms with Gasteiger partial charge in [0.2, 0.25) is 5.95 Å². The molecule has 1 heterocycles. The first-order valence-electron chi connectivity index (χ1n) is 7.44. The lowest BCUT2D eigenvalue weighted by molar-refractivity contribution is 0.525. The van der Waals surface area contributed by atoms with Gasteiger partial charge in [0.05, 0.1) is 11.0 Å². The highest BCUT2D eigenvalue weighted by atomic mass is 15.2. The molecule has 2 aromatic carbocycles. The summed E-state index contributed by atoms with van der Waals surface area (Å²) in [6, 6.07) is 17.2. The quantitative estimate of drug-likeness (QED) is 0.780. The SMILES string of the molecule is Cc1cccc2c1nc(N)n2C(C)CCc1ccccc1. The van der Waals surface area contributed by atoms with Crippen LogP contribution in [0, 0.1) is 6.92 Å². The second-order valence-electron chi connectivity index (χ2n) is 5.66. The molecule has 0 aliphatic carbocycles. The van der Waals surface area contributed by atoms with Crippen LogP contribution in [0.4, 0.5) is 5.95 Å². The van der Waals surface area contributed by atoms with E-state index in [-0.39, 0.29) is 0 Å². The number of anilines is 1. The van der Waals surface area contributed by atoms with Gasteiger partial charge in [0.1, 0.15) is 0 Å². The van der Waals surface area contributed by atoms with Gasteiger partial charge in [0.15, 0.2) is 0 Å². The highest BCUT2D eigenvalue weighted by Gasteiger charge is 2.14. The predicted octanol–water partition coefficient (Wildman–Crippen LogP) is 4.12. The van der Waals surface area contributed by atoms with Crippen molar-refractivity contribution in [1.29, 1.82) is 0 Å². The van der Waals surface area contributed by atoms with E-state index in [0.717, 1.165) is 23.9 Å². The van der Waals surface area contributed by atoms with Crippen LogP contribution < -0.4 is 5.73 Å². The number of hydrogen-bond acceptors (Lipinski definition) is 2. The summed E-state index contributed by atoms with van der Waals surface area (Å²) < 4.78 is 2.16. The average Bonchev–Trinajstić information content (AvgIpc) is 2.84. The molecule has 0 fully saturated rings. The van der Waals surface area contributed by atoms with Crippen molar-refractivity contribution in [1.82, 2.24) is 9.55 Å². The maximum Gasteiger partial charge on any atom is 0.201 e. The molecule has 0 amide bonds. The maximum absolute atomic E-state index is 6.14. The zero-order valence-corrected chi connectivity index (χ0v) is 12.6. The Balaban J connectivity index is 1.86. The minimum atomic E-state index is 0.331. The largest absolute Gasteiger partial charge is 0.369 e. The van der Waals surface area contributed by atoms with Crippen LogP contribution in [0.2, 0.25) is 0 Å². The van der Waals surface area contributed by atoms with Crippen molar-refractivity contribution in [3.05, 3.63) is 59.7 Å². The Kier molecular flexibility index (Phi) is 3.65. The molecule has 2 N–H and O–H groups in total. The van der Waals surface area contributed by atoms with Gasteiger partial charge in [-0.2, -0.15) is 0 Å². The number of nitrogens with zero attached hydrogens (tertiary/aromatic N) is 2. The zero-order chi connectivity index (χ0) is 14.8. The lowest BCUT2D eigenvalue weighted by atomic mass is 10.1. The van der Waals surface area contributed by atoms with Gasteiger partial charge in [-0.25, -0.2) is 4.98 Å². The van der Waals surface area contributed by atoms with E-state index in [1.807, 2.05) is 0 Å². The van der Waals surface area contributed by atoms with E-state index in [9.17, 15) is 0 Å². The van der Waals surface area contributed by atoms with Crippen molar-refractivity contribution in [2.45, 2.75) is 32.7 Å². The Morgan fingerprint density at radius 2 is 1.86 bits per heavy atom. The van der Waals surface area contributed by atoms with Crippen molar-refractivity contribution in [2.75, 3.05) is 5.73 Å². The number of fused-ring (bicyclic) bond motifs is 1. The predicted molar refractivity (Wildman–Crippen MR) is 88.4 cm³/mol. The molecule has 3 nitrogen and oxygen atoms in total. The third-order valence-electron chi connectivity index (χ3n) is 4.08. The first-order chi connectivity index (χ1) is 10.2. The number of benzene rings is 2. The molecule has 3 heteroatoms. The molecule has 3 aromatic rings. The number of hydrogen-bond donors (Lipinski definition) is 1. The molecule has 0 saturated heterocycles. The minimum absolute atomic E-state index is 0.331. The van der Waals surface area contributed by atoms with Gasteiger partial charge in [-0.05, 0) is 43.9 Å². The smallest absolute Gasteiger partial charge is 0.201 e. The number of nitrogen functional groups attached to an aromatic ring is 1. The Morgan fingerprint density at radius 1 is 1.10 bits per heavy atom. The van der Waals surface area contributed by atoms with Gasteiger partial charge >= 0.3 is 0 Å². The van der Waals surface area contributed by atoms with Crippen LogP contribution >= 0.6 is 0 Å². The molecular weight excluding hydrogens is 258 g/mol. The Hall–Kier alpha value is -2.29. The molecule has 0 spiro atoms. The lowest BCUT2D eigenvalue weighted by Crippen LogP contribution is -2.09. The molecular formula is C18H21N3. The Bertz CT molecular complexity index is 744. The monoisotopic (exact) mass is 279 g/mol. The summed E-state index contributed by atoms with van der Waals surface area (Å²) in [7, 11) is 0. The molecule has 0 bridgehead atoms. The van der Waals surface area contributed by atoms with E-state index in [4.69, 9.17) is 5.73 Å². The number of imidazole rings is 1. The summed E-state index contributed by atoms with van der Waals surface area (Å²) in [5.41, 5.74) is 10.8. The molecule has 0 aliphatic rings. The van der Waals surface area contributed by atoms with E-state index in [1.54, 1.807) is 0 Å². The van der Waals surface area contributed by atoms with Gasteiger partial charge in [-0.3, -0.25) is 0 Å². The highest BCUT2D eigenvalue weighted by Crippen LogP contribution is 2.27. The number of nitrogens with two attached hydrogens (primary N) is 1. The highest BCUT2D eigenvalue weighted by molar-refractivity contribution is 5.81. The summed E-state index contributed by atoms with van der Waals surface area (Å²) in [4.78, 5) is 4.53. The molecule has 21 heavy (non-hydrogen) atoms. The molecule has 1 aromatic heterocycles. The number of para-hydroxylation sites is 1. The van der Waals surface area contributed by atoms with Gasteiger partial charge in [-0.15, -0.1) is 0 Å². The van der Waals surface area contributed by atoms with Crippen molar-refractivity contribution in [2.24, 2.45) is 0 Å². The minimum Gasteiger partial charge on any atom is -0.369 e. The Labute approximate surface area is 125 Å². The third kappa shape index (κ3) is 2.64. The third-order valence-corrected chi connectivity index (χ3v) is 4.08. The molecule has 108 valence electrons. The fourth-order valence-electron chi connectivity index (χ4n) is 2.89. The van der Waals surface area contributed by atoms with Crippen LogP contribution in [0.15, 0.2) is 48.5 Å². The summed E-state index contributed by atoms with van der Waals surface area (Å²) >= 11 is 0. The van der Waals surface area contributed by atoms with Crippen LogP contribution in [0.3, 0.4) is 0 Å². The number of aryl methyl sites for hydroxylation is 2. The average molecular weight is 279 g/mol. The van der Waals surface area contributed by atoms with Crippen LogP contribution in [-0.4, -0.2) is 9.55 Å². The molecule has 1 unspecified atom stereocenters. The van der Waals surface area contributed by atoms with Crippen molar-refractivity contribution in [3.63, 3.8) is 0 Å². The van der Waals surface area contributed by atoms with E-state index < -0.39 is 0 Å². The lowest BCUT2D eigenvalue weighted by Gasteiger charge is -2.16. The summed E-state index contributed by atoms with van der Waals surface area (Å²) in [6.07, 6.45) is 2.10. The topological polar surface area (TPSA) is 43.8 Å². The van der Waals surface area contributed by atoms with Crippen LogP contribution in [0.1, 0.15) is 30.5 Å². The standard InChI is InChI=1S/C18H21N3/c1-13-7-6-10-16-17(13)20-18(19)21(16)14(2)11-12-15-8-4-3-5-9-15/h3-10,14H,11-12H2,1-2H3,(H2,19,20). The maximum atomic E-state index is 6.14. The van der Waals surface area contributed by atoms with E-state index >= 15 is 0 Å². The molecule has 0 radical (unpaired) electrons. The molecule has 1 atom stereocenters. The van der Waals surface area contributed by atoms with Crippen molar-refractivity contribution in [3.8, 4) is 0 Å². The number of aromatic nitrogens is 2. The van der Waals surface area contributed by atoms with Crippen LogP contribution in [0.25, 0.3) is 11.0 Å². The molecule has 0 aliphatic heterocycles. The van der Waals surface area contributed by atoms with Gasteiger partial charge in [0, 0.05) is 6.04 Å². The van der Waals surface area contributed by atoms with Gasteiger partial charge in [0.25, 0.3) is 0 Å². The summed E-state index contributed by atoms with van der Waals surface area (Å²) in [6.45, 7) is 4.29. The summed E-state index contributed by atoms with van der Waals surface area (Å²) in [5.74, 6) is 0.611. The Morgan fingerprint density at radius 3 is 2.62 bits per heavy atom. The molecule has 0 saturated carbocycles. The van der Waals surface area contributed by atoms with Gasteiger partial charge < -0.3 is 10.3 Å². The van der Waals surface area contributed by atoms with Crippen molar-refractivity contribution >= 4 is 17.0 Å². The van der Waals surface area contributed by atoms with E-state index in [1.165, 1.54) is 11.1 Å². The first-order valence-corrected chi connectivity index (χ1v) is 7.44. The fourth-order valence-corrected chi connectivity index (χ4v) is 2.89. The first kappa shape index (κ1) is 13.7. The normalized spacial score (nSPS) is 12.7. The van der Waals surface area contributed by atoms with Crippen LogP contribution in [0.5, 0.6) is 0 Å². The zero-order valence-electron chi connectivity index (χ0n) is 12.6.